The molecule has 8 nitrogen and oxygen atoms in total. The molecule has 0 spiro atoms. The van der Waals surface area contributed by atoms with Crippen molar-refractivity contribution in [3.8, 4) is 23.0 Å². The number of likely N-dealkylation sites (tertiary alicyclic amines) is 1. The minimum Gasteiger partial charge on any atom is -0.493 e. The number of hydrogen-bond donors (Lipinski definition) is 0. The van der Waals surface area contributed by atoms with E-state index in [0.717, 1.165) is 30.9 Å². The first-order valence-electron chi connectivity index (χ1n) is 10.8. The summed E-state index contributed by atoms with van der Waals surface area (Å²) in [6.07, 6.45) is 1.56. The third-order valence-electron chi connectivity index (χ3n) is 6.30. The quantitative estimate of drug-likeness (QED) is 0.664. The smallest absolute Gasteiger partial charge is 0.265 e. The Morgan fingerprint density at radius 2 is 1.84 bits per heavy atom. The number of ether oxygens (including phenoxy) is 4. The summed E-state index contributed by atoms with van der Waals surface area (Å²) in [4.78, 5) is 30.1. The number of piperidine rings is 1. The van der Waals surface area contributed by atoms with Gasteiger partial charge >= 0.3 is 0 Å². The second-order valence-corrected chi connectivity index (χ2v) is 8.26. The predicted octanol–water partition coefficient (Wildman–Crippen LogP) is 2.60. The van der Waals surface area contributed by atoms with E-state index in [1.807, 2.05) is 24.3 Å². The summed E-state index contributed by atoms with van der Waals surface area (Å²) in [6.45, 7) is 2.64. The van der Waals surface area contributed by atoms with E-state index in [0.29, 0.717) is 36.8 Å². The van der Waals surface area contributed by atoms with Crippen LogP contribution in [-0.2, 0) is 0 Å². The van der Waals surface area contributed by atoms with Crippen molar-refractivity contribution in [2.24, 2.45) is 0 Å². The minimum absolute atomic E-state index is 0.102. The molecule has 0 radical (unpaired) electrons. The zero-order valence-corrected chi connectivity index (χ0v) is 18.2. The van der Waals surface area contributed by atoms with E-state index in [4.69, 9.17) is 18.9 Å². The fourth-order valence-corrected chi connectivity index (χ4v) is 4.84. The van der Waals surface area contributed by atoms with Gasteiger partial charge in [-0.25, -0.2) is 0 Å². The number of methoxy groups -OCH3 is 2. The number of rotatable bonds is 5. The van der Waals surface area contributed by atoms with Gasteiger partial charge in [0, 0.05) is 13.1 Å². The van der Waals surface area contributed by atoms with E-state index in [2.05, 4.69) is 4.90 Å². The Bertz CT molecular complexity index is 1050. The van der Waals surface area contributed by atoms with E-state index >= 15 is 0 Å². The summed E-state index contributed by atoms with van der Waals surface area (Å²) < 4.78 is 22.7. The molecule has 1 saturated heterocycles. The Kier molecular flexibility index (Phi) is 5.38. The van der Waals surface area contributed by atoms with Gasteiger partial charge in [-0.1, -0.05) is 12.1 Å². The number of carbonyl (C=O) groups is 2. The molecule has 2 aromatic carbocycles. The normalized spacial score (nSPS) is 22.6. The summed E-state index contributed by atoms with van der Waals surface area (Å²) in [5, 5.41) is 0. The van der Waals surface area contributed by atoms with Gasteiger partial charge in [-0.3, -0.25) is 19.4 Å². The zero-order valence-electron chi connectivity index (χ0n) is 18.2. The number of para-hydroxylation sites is 2. The number of benzene rings is 2. The monoisotopic (exact) mass is 438 g/mol. The van der Waals surface area contributed by atoms with Crippen LogP contribution in [-0.4, -0.2) is 74.2 Å². The van der Waals surface area contributed by atoms with Crippen LogP contribution < -0.4 is 18.9 Å². The lowest BCUT2D eigenvalue weighted by molar-refractivity contribution is 0.0300. The first-order chi connectivity index (χ1) is 15.6. The van der Waals surface area contributed by atoms with Crippen molar-refractivity contribution in [3.63, 3.8) is 0 Å². The van der Waals surface area contributed by atoms with Crippen LogP contribution in [0.2, 0.25) is 0 Å². The molecule has 2 amide bonds. The van der Waals surface area contributed by atoms with Gasteiger partial charge in [0.25, 0.3) is 11.8 Å². The molecule has 0 aromatic heterocycles. The number of carbonyl (C=O) groups excluding carboxylic acids is 2. The summed E-state index contributed by atoms with van der Waals surface area (Å²) >= 11 is 0. The summed E-state index contributed by atoms with van der Waals surface area (Å²) in [5.41, 5.74) is 0.653. The van der Waals surface area contributed by atoms with Crippen molar-refractivity contribution in [2.45, 2.75) is 25.0 Å². The van der Waals surface area contributed by atoms with Crippen molar-refractivity contribution >= 4 is 11.8 Å². The lowest BCUT2D eigenvalue weighted by Crippen LogP contribution is -2.52. The van der Waals surface area contributed by atoms with Crippen molar-refractivity contribution < 1.29 is 28.5 Å². The largest absolute Gasteiger partial charge is 0.493 e. The second-order valence-electron chi connectivity index (χ2n) is 8.26. The molecule has 3 aliphatic rings. The highest BCUT2D eigenvalue weighted by atomic mass is 16.6. The third-order valence-corrected chi connectivity index (χ3v) is 6.30. The van der Waals surface area contributed by atoms with Crippen molar-refractivity contribution in [1.82, 2.24) is 9.80 Å². The molecule has 2 atom stereocenters. The van der Waals surface area contributed by atoms with Gasteiger partial charge in [-0.2, -0.15) is 0 Å². The van der Waals surface area contributed by atoms with Crippen LogP contribution in [0.15, 0.2) is 36.4 Å². The Morgan fingerprint density at radius 1 is 1.03 bits per heavy atom. The van der Waals surface area contributed by atoms with E-state index in [1.54, 1.807) is 12.1 Å². The number of hydrogen-bond acceptors (Lipinski definition) is 7. The van der Waals surface area contributed by atoms with Crippen LogP contribution in [0.25, 0.3) is 0 Å². The van der Waals surface area contributed by atoms with E-state index < -0.39 is 0 Å². The van der Waals surface area contributed by atoms with Gasteiger partial charge in [0.2, 0.25) is 0 Å². The molecule has 2 aromatic rings. The first-order valence-corrected chi connectivity index (χ1v) is 10.8. The molecule has 3 aliphatic heterocycles. The van der Waals surface area contributed by atoms with Crippen molar-refractivity contribution in [1.29, 1.82) is 0 Å². The second kappa shape index (κ2) is 8.35. The van der Waals surface area contributed by atoms with Crippen LogP contribution in [0.5, 0.6) is 23.0 Å². The molecule has 32 heavy (non-hydrogen) atoms. The molecule has 0 unspecified atom stereocenters. The number of imide groups is 1. The number of fused-ring (bicyclic) bond motifs is 2. The lowest BCUT2D eigenvalue weighted by Gasteiger charge is -2.38. The fourth-order valence-electron chi connectivity index (χ4n) is 4.84. The Balaban J connectivity index is 1.30. The van der Waals surface area contributed by atoms with Gasteiger partial charge in [0.1, 0.15) is 12.7 Å². The van der Waals surface area contributed by atoms with E-state index in [1.165, 1.54) is 19.1 Å². The molecule has 0 saturated carbocycles. The predicted molar refractivity (Wildman–Crippen MR) is 116 cm³/mol. The van der Waals surface area contributed by atoms with Crippen LogP contribution in [0.1, 0.15) is 33.6 Å². The molecular weight excluding hydrogens is 412 g/mol. The maximum absolute atomic E-state index is 13.3. The molecule has 0 aliphatic carbocycles. The Labute approximate surface area is 186 Å². The fraction of sp³-hybridized carbons (Fsp3) is 0.417. The molecule has 1 fully saturated rings. The molecule has 3 heterocycles. The Morgan fingerprint density at radius 3 is 2.62 bits per heavy atom. The lowest BCUT2D eigenvalue weighted by atomic mass is 10.0. The Hall–Kier alpha value is -3.26. The van der Waals surface area contributed by atoms with Gasteiger partial charge < -0.3 is 18.9 Å². The zero-order chi connectivity index (χ0) is 22.2. The van der Waals surface area contributed by atoms with Crippen molar-refractivity contribution in [2.75, 3.05) is 40.5 Å². The third kappa shape index (κ3) is 3.44. The topological polar surface area (TPSA) is 77.5 Å². The van der Waals surface area contributed by atoms with Gasteiger partial charge in [0.05, 0.1) is 31.4 Å². The van der Waals surface area contributed by atoms with E-state index in [9.17, 15) is 9.59 Å². The maximum atomic E-state index is 13.3. The van der Waals surface area contributed by atoms with Crippen molar-refractivity contribution in [3.05, 3.63) is 47.5 Å². The molecule has 168 valence electrons. The number of amides is 2. The van der Waals surface area contributed by atoms with Crippen LogP contribution in [0.3, 0.4) is 0 Å². The molecular formula is C24H26N2O6. The van der Waals surface area contributed by atoms with Gasteiger partial charge in [-0.05, 0) is 43.7 Å². The SMILES string of the molecule is COc1ccc2c(c1OC)C(=O)N([C@H]1CCCN(C[C@H]3COc4ccccc4O3)C1)C2=O. The average Bonchev–Trinajstić information content (AvgIpc) is 3.08. The minimum atomic E-state index is -0.321. The summed E-state index contributed by atoms with van der Waals surface area (Å²) in [6, 6.07) is 10.7. The van der Waals surface area contributed by atoms with Gasteiger partial charge in [0.15, 0.2) is 23.0 Å². The summed E-state index contributed by atoms with van der Waals surface area (Å²) in [7, 11) is 2.99. The highest BCUT2D eigenvalue weighted by Gasteiger charge is 2.44. The highest BCUT2D eigenvalue weighted by molar-refractivity contribution is 6.23. The standard InChI is InChI=1S/C24H26N2O6/c1-29-20-10-9-17-21(22(20)30-2)24(28)26(23(17)27)15-6-5-11-25(12-15)13-16-14-31-18-7-3-4-8-19(18)32-16/h3-4,7-10,15-16H,5-6,11-14H2,1-2H3/t15-,16-/m0/s1. The molecule has 0 bridgehead atoms. The number of nitrogens with zero attached hydrogens (tertiary/aromatic N) is 2. The first kappa shape index (κ1) is 20.6. The maximum Gasteiger partial charge on any atom is 0.265 e. The highest BCUT2D eigenvalue weighted by Crippen LogP contribution is 2.39. The van der Waals surface area contributed by atoms with E-state index in [-0.39, 0.29) is 29.5 Å². The molecule has 5 rings (SSSR count). The molecule has 8 heteroatoms. The average molecular weight is 438 g/mol. The van der Waals surface area contributed by atoms with Gasteiger partial charge in [-0.15, -0.1) is 0 Å². The van der Waals surface area contributed by atoms with Crippen LogP contribution >= 0.6 is 0 Å². The summed E-state index contributed by atoms with van der Waals surface area (Å²) in [5.74, 6) is 1.66. The van der Waals surface area contributed by atoms with Crippen LogP contribution in [0, 0.1) is 0 Å². The molecule has 0 N–H and O–H groups in total. The van der Waals surface area contributed by atoms with Crippen LogP contribution in [0.4, 0.5) is 0 Å².